The number of nitro benzene ring substituents is 1. The Morgan fingerprint density at radius 2 is 2.00 bits per heavy atom. The number of hydrogen-bond donors (Lipinski definition) is 2. The summed E-state index contributed by atoms with van der Waals surface area (Å²) in [6.07, 6.45) is 0.772. The summed E-state index contributed by atoms with van der Waals surface area (Å²) in [5.74, 6) is 0.809. The van der Waals surface area contributed by atoms with Gasteiger partial charge in [0.2, 0.25) is 0 Å². The van der Waals surface area contributed by atoms with Gasteiger partial charge >= 0.3 is 0 Å². The maximum absolute atomic E-state index is 10.8. The molecule has 6 nitrogen and oxygen atoms in total. The van der Waals surface area contributed by atoms with Crippen LogP contribution >= 0.6 is 23.8 Å². The maximum atomic E-state index is 10.8. The van der Waals surface area contributed by atoms with Gasteiger partial charge in [-0.1, -0.05) is 23.7 Å². The van der Waals surface area contributed by atoms with Gasteiger partial charge in [0, 0.05) is 18.7 Å². The third kappa shape index (κ3) is 5.07. The lowest BCUT2D eigenvalue weighted by atomic mass is 10.1. The summed E-state index contributed by atoms with van der Waals surface area (Å²) in [5, 5.41) is 17.4. The molecule has 0 fully saturated rings. The molecule has 2 aromatic rings. The number of anilines is 1. The van der Waals surface area contributed by atoms with Crippen molar-refractivity contribution >= 4 is 40.3 Å². The lowest BCUT2D eigenvalue weighted by molar-refractivity contribution is -0.384. The van der Waals surface area contributed by atoms with Crippen LogP contribution in [-0.2, 0) is 6.42 Å². The Hall–Kier alpha value is -2.38. The summed E-state index contributed by atoms with van der Waals surface area (Å²) < 4.78 is 5.11. The van der Waals surface area contributed by atoms with Crippen molar-refractivity contribution in [1.82, 2.24) is 5.32 Å². The van der Waals surface area contributed by atoms with Gasteiger partial charge in [-0.2, -0.15) is 0 Å². The van der Waals surface area contributed by atoms with Crippen LogP contribution in [0.4, 0.5) is 11.4 Å². The van der Waals surface area contributed by atoms with Gasteiger partial charge in [0.15, 0.2) is 5.11 Å². The molecule has 0 saturated heterocycles. The molecule has 0 unspecified atom stereocenters. The zero-order valence-electron chi connectivity index (χ0n) is 12.9. The number of nitrogens with zero attached hydrogens (tertiary/aromatic N) is 1. The predicted octanol–water partition coefficient (Wildman–Crippen LogP) is 3.79. The van der Waals surface area contributed by atoms with Crippen molar-refractivity contribution in [1.29, 1.82) is 0 Å². The van der Waals surface area contributed by atoms with E-state index in [1.807, 2.05) is 24.3 Å². The molecule has 0 spiro atoms. The van der Waals surface area contributed by atoms with Gasteiger partial charge < -0.3 is 15.4 Å². The number of thiocarbonyl (C=S) groups is 1. The second-order valence-corrected chi connectivity index (χ2v) is 5.72. The summed E-state index contributed by atoms with van der Waals surface area (Å²) in [7, 11) is 1.62. The minimum absolute atomic E-state index is 0.0528. The van der Waals surface area contributed by atoms with Crippen LogP contribution in [0.15, 0.2) is 42.5 Å². The smallest absolute Gasteiger partial charge is 0.271 e. The lowest BCUT2D eigenvalue weighted by Crippen LogP contribution is -2.30. The zero-order valence-corrected chi connectivity index (χ0v) is 14.5. The van der Waals surface area contributed by atoms with E-state index in [0.717, 1.165) is 17.7 Å². The number of benzene rings is 2. The Balaban J connectivity index is 1.86. The topological polar surface area (TPSA) is 76.4 Å². The standard InChI is InChI=1S/C16H16ClN3O3S/c1-23-13-5-2-11(3-6-13)8-9-18-16(24)19-15-10-12(20(21)22)4-7-14(15)17/h2-7,10H,8-9H2,1H3,(H2,18,19,24). The predicted molar refractivity (Wildman–Crippen MR) is 99.0 cm³/mol. The van der Waals surface area contributed by atoms with Crippen molar-refractivity contribution in [2.24, 2.45) is 0 Å². The number of halogens is 1. The van der Waals surface area contributed by atoms with Crippen LogP contribution in [0.3, 0.4) is 0 Å². The lowest BCUT2D eigenvalue weighted by Gasteiger charge is -2.12. The van der Waals surface area contributed by atoms with Crippen molar-refractivity contribution < 1.29 is 9.66 Å². The van der Waals surface area contributed by atoms with Crippen molar-refractivity contribution in [3.8, 4) is 5.75 Å². The first-order valence-electron chi connectivity index (χ1n) is 7.11. The molecule has 24 heavy (non-hydrogen) atoms. The van der Waals surface area contributed by atoms with Gasteiger partial charge in [-0.25, -0.2) is 0 Å². The fraction of sp³-hybridized carbons (Fsp3) is 0.188. The van der Waals surface area contributed by atoms with E-state index >= 15 is 0 Å². The quantitative estimate of drug-likeness (QED) is 0.461. The molecule has 2 aromatic carbocycles. The van der Waals surface area contributed by atoms with Crippen LogP contribution in [0.5, 0.6) is 5.75 Å². The van der Waals surface area contributed by atoms with E-state index < -0.39 is 4.92 Å². The molecular weight excluding hydrogens is 350 g/mol. The molecule has 0 bridgehead atoms. The largest absolute Gasteiger partial charge is 0.497 e. The minimum atomic E-state index is -0.484. The third-order valence-corrected chi connectivity index (χ3v) is 3.84. The Bertz CT molecular complexity index is 738. The van der Waals surface area contributed by atoms with Crippen molar-refractivity contribution in [3.63, 3.8) is 0 Å². The summed E-state index contributed by atoms with van der Waals surface area (Å²) in [5.41, 5.74) is 1.48. The molecule has 0 aliphatic carbocycles. The number of ether oxygens (including phenoxy) is 1. The molecule has 0 aliphatic heterocycles. The number of nitrogens with one attached hydrogen (secondary N) is 2. The summed E-state index contributed by atoms with van der Waals surface area (Å²) in [6, 6.07) is 11.9. The summed E-state index contributed by atoms with van der Waals surface area (Å²) in [6.45, 7) is 0.616. The Morgan fingerprint density at radius 1 is 1.29 bits per heavy atom. The summed E-state index contributed by atoms with van der Waals surface area (Å²) in [4.78, 5) is 10.3. The van der Waals surface area contributed by atoms with Crippen molar-refractivity contribution in [3.05, 3.63) is 63.2 Å². The van der Waals surface area contributed by atoms with Gasteiger partial charge in [0.05, 0.1) is 22.7 Å². The average molecular weight is 366 g/mol. The SMILES string of the molecule is COc1ccc(CCNC(=S)Nc2cc([N+](=O)[O-])ccc2Cl)cc1. The number of hydrogen-bond acceptors (Lipinski definition) is 4. The van der Waals surface area contributed by atoms with Gasteiger partial charge in [0.25, 0.3) is 5.69 Å². The number of non-ortho nitro benzene ring substituents is 1. The van der Waals surface area contributed by atoms with Crippen LogP contribution in [0.2, 0.25) is 5.02 Å². The molecule has 8 heteroatoms. The van der Waals surface area contributed by atoms with Crippen LogP contribution in [0, 0.1) is 10.1 Å². The van der Waals surface area contributed by atoms with E-state index in [1.165, 1.54) is 18.2 Å². The second kappa shape index (κ2) is 8.47. The van der Waals surface area contributed by atoms with E-state index in [0.29, 0.717) is 22.4 Å². The van der Waals surface area contributed by atoms with Crippen LogP contribution < -0.4 is 15.4 Å². The van der Waals surface area contributed by atoms with E-state index in [-0.39, 0.29) is 5.69 Å². The van der Waals surface area contributed by atoms with E-state index in [1.54, 1.807) is 7.11 Å². The molecule has 0 aromatic heterocycles. The highest BCUT2D eigenvalue weighted by atomic mass is 35.5. The molecule has 2 N–H and O–H groups in total. The average Bonchev–Trinajstić information content (AvgIpc) is 2.57. The molecule has 0 radical (unpaired) electrons. The van der Waals surface area contributed by atoms with E-state index in [4.69, 9.17) is 28.6 Å². The maximum Gasteiger partial charge on any atom is 0.271 e. The highest BCUT2D eigenvalue weighted by Gasteiger charge is 2.10. The van der Waals surface area contributed by atoms with E-state index in [2.05, 4.69) is 10.6 Å². The monoisotopic (exact) mass is 365 g/mol. The number of nitro groups is 1. The first kappa shape index (κ1) is 18.0. The van der Waals surface area contributed by atoms with Crippen LogP contribution in [0.25, 0.3) is 0 Å². The third-order valence-electron chi connectivity index (χ3n) is 3.27. The van der Waals surface area contributed by atoms with Crippen LogP contribution in [-0.4, -0.2) is 23.7 Å². The molecule has 0 aliphatic rings. The second-order valence-electron chi connectivity index (χ2n) is 4.90. The Morgan fingerprint density at radius 3 is 2.62 bits per heavy atom. The Labute approximate surface area is 149 Å². The highest BCUT2D eigenvalue weighted by Crippen LogP contribution is 2.26. The number of methoxy groups -OCH3 is 1. The first-order chi connectivity index (χ1) is 11.5. The zero-order chi connectivity index (χ0) is 17.5. The van der Waals surface area contributed by atoms with Gasteiger partial charge in [-0.05, 0) is 42.4 Å². The van der Waals surface area contributed by atoms with Crippen molar-refractivity contribution in [2.45, 2.75) is 6.42 Å². The molecule has 0 saturated carbocycles. The molecule has 0 heterocycles. The summed E-state index contributed by atoms with van der Waals surface area (Å²) >= 11 is 11.2. The Kier molecular flexibility index (Phi) is 6.34. The molecule has 0 atom stereocenters. The number of rotatable bonds is 6. The van der Waals surface area contributed by atoms with Gasteiger partial charge in [0.1, 0.15) is 5.75 Å². The molecule has 0 amide bonds. The van der Waals surface area contributed by atoms with Crippen LogP contribution in [0.1, 0.15) is 5.56 Å². The van der Waals surface area contributed by atoms with Gasteiger partial charge in [-0.15, -0.1) is 0 Å². The molecular formula is C16H16ClN3O3S. The molecule has 126 valence electrons. The van der Waals surface area contributed by atoms with Crippen molar-refractivity contribution in [2.75, 3.05) is 19.0 Å². The molecule has 2 rings (SSSR count). The minimum Gasteiger partial charge on any atom is -0.497 e. The first-order valence-corrected chi connectivity index (χ1v) is 7.90. The fourth-order valence-electron chi connectivity index (χ4n) is 2.00. The van der Waals surface area contributed by atoms with Gasteiger partial charge in [-0.3, -0.25) is 10.1 Å². The van der Waals surface area contributed by atoms with E-state index in [9.17, 15) is 10.1 Å². The fourth-order valence-corrected chi connectivity index (χ4v) is 2.38. The highest BCUT2D eigenvalue weighted by molar-refractivity contribution is 7.80. The normalized spacial score (nSPS) is 10.1.